The summed E-state index contributed by atoms with van der Waals surface area (Å²) in [5.41, 5.74) is 1.29. The lowest BCUT2D eigenvalue weighted by Crippen LogP contribution is -2.25. The molecule has 1 heteroatoms. The van der Waals surface area contributed by atoms with E-state index in [2.05, 4.69) is 6.58 Å². The maximum Gasteiger partial charge on any atom is 0.0678 e. The summed E-state index contributed by atoms with van der Waals surface area (Å²) >= 11 is 0. The zero-order chi connectivity index (χ0) is 6.97. The molecule has 1 saturated heterocycles. The second kappa shape index (κ2) is 2.39. The van der Waals surface area contributed by atoms with Crippen molar-refractivity contribution in [3.8, 4) is 0 Å². The fraction of sp³-hybridized carbons (Fsp3) is 0.778. The van der Waals surface area contributed by atoms with E-state index in [-0.39, 0.29) is 0 Å². The zero-order valence-corrected chi connectivity index (χ0v) is 6.31. The van der Waals surface area contributed by atoms with Gasteiger partial charge >= 0.3 is 0 Å². The molecule has 0 radical (unpaired) electrons. The van der Waals surface area contributed by atoms with Crippen LogP contribution in [0.2, 0.25) is 0 Å². The summed E-state index contributed by atoms with van der Waals surface area (Å²) in [7, 11) is 0. The van der Waals surface area contributed by atoms with Crippen LogP contribution in [-0.4, -0.2) is 12.7 Å². The molecular weight excluding hydrogens is 124 g/mol. The largest absolute Gasteiger partial charge is 0.374 e. The molecule has 1 aliphatic carbocycles. The Bertz CT molecular complexity index is 151. The molecular formula is C9H14O. The Hall–Kier alpha value is -0.300. The Morgan fingerprint density at radius 1 is 1.40 bits per heavy atom. The predicted molar refractivity (Wildman–Crippen MR) is 40.8 cm³/mol. The second-order valence-corrected chi connectivity index (χ2v) is 3.49. The molecule has 56 valence electrons. The van der Waals surface area contributed by atoms with E-state index in [0.717, 1.165) is 12.5 Å². The molecule has 2 aliphatic rings. The molecule has 0 aromatic carbocycles. The van der Waals surface area contributed by atoms with Gasteiger partial charge in [0.25, 0.3) is 0 Å². The predicted octanol–water partition coefficient (Wildman–Crippen LogP) is 2.13. The topological polar surface area (TPSA) is 9.23 Å². The molecule has 2 fully saturated rings. The Labute approximate surface area is 62.1 Å². The van der Waals surface area contributed by atoms with Gasteiger partial charge in [0.1, 0.15) is 0 Å². The highest BCUT2D eigenvalue weighted by Crippen LogP contribution is 2.36. The van der Waals surface area contributed by atoms with Crippen LogP contribution >= 0.6 is 0 Å². The van der Waals surface area contributed by atoms with Crippen molar-refractivity contribution in [2.75, 3.05) is 6.61 Å². The summed E-state index contributed by atoms with van der Waals surface area (Å²) in [5, 5.41) is 0. The average molecular weight is 138 g/mol. The summed E-state index contributed by atoms with van der Waals surface area (Å²) in [4.78, 5) is 0. The molecule has 2 rings (SSSR count). The molecule has 1 nitrogen and oxygen atoms in total. The highest BCUT2D eigenvalue weighted by molar-refractivity contribution is 5.02. The Morgan fingerprint density at radius 2 is 2.30 bits per heavy atom. The minimum absolute atomic E-state index is 0.588. The molecule has 1 heterocycles. The Kier molecular flexibility index (Phi) is 1.53. The van der Waals surface area contributed by atoms with Gasteiger partial charge in [0.2, 0.25) is 0 Å². The molecule has 0 aromatic heterocycles. The van der Waals surface area contributed by atoms with Crippen LogP contribution in [0.25, 0.3) is 0 Å². The van der Waals surface area contributed by atoms with Gasteiger partial charge in [0.15, 0.2) is 0 Å². The normalized spacial score (nSPS) is 39.8. The number of ether oxygens (including phenoxy) is 1. The molecule has 0 unspecified atom stereocenters. The first-order valence-electron chi connectivity index (χ1n) is 4.14. The highest BCUT2D eigenvalue weighted by Gasteiger charge is 2.31. The third-order valence-electron chi connectivity index (χ3n) is 2.64. The van der Waals surface area contributed by atoms with Gasteiger partial charge in [-0.3, -0.25) is 0 Å². The van der Waals surface area contributed by atoms with Crippen LogP contribution in [0.3, 0.4) is 0 Å². The van der Waals surface area contributed by atoms with Crippen LogP contribution in [0.15, 0.2) is 12.2 Å². The van der Waals surface area contributed by atoms with Gasteiger partial charge in [-0.25, -0.2) is 0 Å². The molecule has 0 spiro atoms. The van der Waals surface area contributed by atoms with Crippen LogP contribution in [0.1, 0.15) is 25.7 Å². The van der Waals surface area contributed by atoms with Crippen molar-refractivity contribution in [1.82, 2.24) is 0 Å². The lowest BCUT2D eigenvalue weighted by Gasteiger charge is -2.26. The molecule has 0 aromatic rings. The standard InChI is InChI=1S/C9H14O/c1-7-5-8-3-2-4-9(8)10-6-7/h8-9H,1-6H2/t8-,9+/m1/s1. The first-order valence-corrected chi connectivity index (χ1v) is 4.14. The number of fused-ring (bicyclic) bond motifs is 1. The number of hydrogen-bond donors (Lipinski definition) is 0. The van der Waals surface area contributed by atoms with E-state index < -0.39 is 0 Å². The molecule has 0 N–H and O–H groups in total. The smallest absolute Gasteiger partial charge is 0.0678 e. The summed E-state index contributed by atoms with van der Waals surface area (Å²) in [6.45, 7) is 4.77. The summed E-state index contributed by atoms with van der Waals surface area (Å²) < 4.78 is 5.61. The molecule has 1 aliphatic heterocycles. The molecule has 10 heavy (non-hydrogen) atoms. The number of rotatable bonds is 0. The first-order chi connectivity index (χ1) is 4.86. The number of hydrogen-bond acceptors (Lipinski definition) is 1. The molecule has 1 saturated carbocycles. The monoisotopic (exact) mass is 138 g/mol. The van der Waals surface area contributed by atoms with Crippen molar-refractivity contribution in [2.24, 2.45) is 5.92 Å². The lowest BCUT2D eigenvalue weighted by molar-refractivity contribution is 0.0180. The summed E-state index contributed by atoms with van der Waals surface area (Å²) in [6, 6.07) is 0. The highest BCUT2D eigenvalue weighted by atomic mass is 16.5. The third-order valence-corrected chi connectivity index (χ3v) is 2.64. The van der Waals surface area contributed by atoms with Crippen molar-refractivity contribution in [3.63, 3.8) is 0 Å². The van der Waals surface area contributed by atoms with Gasteiger partial charge in [0, 0.05) is 0 Å². The molecule has 2 atom stereocenters. The maximum absolute atomic E-state index is 5.61. The van der Waals surface area contributed by atoms with Crippen LogP contribution < -0.4 is 0 Å². The van der Waals surface area contributed by atoms with Crippen LogP contribution in [0, 0.1) is 5.92 Å². The molecule has 0 bridgehead atoms. The minimum Gasteiger partial charge on any atom is -0.374 e. The van der Waals surface area contributed by atoms with E-state index >= 15 is 0 Å². The van der Waals surface area contributed by atoms with Crippen molar-refractivity contribution in [3.05, 3.63) is 12.2 Å². The van der Waals surface area contributed by atoms with Crippen molar-refractivity contribution < 1.29 is 4.74 Å². The summed E-state index contributed by atoms with van der Waals surface area (Å²) in [5.74, 6) is 0.821. The van der Waals surface area contributed by atoms with E-state index in [9.17, 15) is 0 Å². The average Bonchev–Trinajstić information content (AvgIpc) is 2.33. The van der Waals surface area contributed by atoms with Crippen LogP contribution in [0.4, 0.5) is 0 Å². The van der Waals surface area contributed by atoms with E-state index in [0.29, 0.717) is 6.10 Å². The first kappa shape index (κ1) is 6.41. The van der Waals surface area contributed by atoms with Crippen LogP contribution in [0.5, 0.6) is 0 Å². The van der Waals surface area contributed by atoms with Gasteiger partial charge < -0.3 is 4.74 Å². The van der Waals surface area contributed by atoms with E-state index in [4.69, 9.17) is 4.74 Å². The SMILES string of the molecule is C=C1CO[C@H]2CCC[C@@H]2C1. The van der Waals surface area contributed by atoms with Gasteiger partial charge in [-0.05, 0) is 25.2 Å². The van der Waals surface area contributed by atoms with Crippen LogP contribution in [-0.2, 0) is 4.74 Å². The van der Waals surface area contributed by atoms with Crippen molar-refractivity contribution in [2.45, 2.75) is 31.8 Å². The lowest BCUT2D eigenvalue weighted by atomic mass is 9.95. The Balaban J connectivity index is 2.03. The van der Waals surface area contributed by atoms with Crippen molar-refractivity contribution in [1.29, 1.82) is 0 Å². The van der Waals surface area contributed by atoms with Gasteiger partial charge in [-0.1, -0.05) is 18.6 Å². The fourth-order valence-electron chi connectivity index (χ4n) is 2.11. The third kappa shape index (κ3) is 0.988. The maximum atomic E-state index is 5.61. The van der Waals surface area contributed by atoms with Gasteiger partial charge in [-0.15, -0.1) is 0 Å². The minimum atomic E-state index is 0.588. The van der Waals surface area contributed by atoms with E-state index in [1.54, 1.807) is 0 Å². The summed E-state index contributed by atoms with van der Waals surface area (Å²) in [6.07, 6.45) is 5.83. The Morgan fingerprint density at radius 3 is 3.20 bits per heavy atom. The molecule has 0 amide bonds. The fourth-order valence-corrected chi connectivity index (χ4v) is 2.11. The van der Waals surface area contributed by atoms with Crippen molar-refractivity contribution >= 4 is 0 Å². The van der Waals surface area contributed by atoms with Gasteiger partial charge in [0.05, 0.1) is 12.7 Å². The van der Waals surface area contributed by atoms with E-state index in [1.807, 2.05) is 0 Å². The second-order valence-electron chi connectivity index (χ2n) is 3.49. The quantitative estimate of drug-likeness (QED) is 0.466. The van der Waals surface area contributed by atoms with Gasteiger partial charge in [-0.2, -0.15) is 0 Å². The van der Waals surface area contributed by atoms with E-state index in [1.165, 1.54) is 31.3 Å². The zero-order valence-electron chi connectivity index (χ0n) is 6.31.